The summed E-state index contributed by atoms with van der Waals surface area (Å²) < 4.78 is 41.9. The lowest BCUT2D eigenvalue weighted by atomic mass is 10.1. The Morgan fingerprint density at radius 3 is 2.47 bits per heavy atom. The standard InChI is InChI=1S/C23H15ClFNO4S2/c24-17-9-10-18(27)22(25)21(17)23(28)20-12-11-19(31-20)14-5-4-6-15(13-14)26-32(29,30)16-7-2-1-3-8-16/h1-13,26-27H. The molecular formula is C23H15ClFNO4S2. The highest BCUT2D eigenvalue weighted by atomic mass is 35.5. The molecule has 162 valence electrons. The zero-order valence-corrected chi connectivity index (χ0v) is 18.6. The van der Waals surface area contributed by atoms with Gasteiger partial charge in [-0.05, 0) is 54.1 Å². The first-order chi connectivity index (χ1) is 15.3. The SMILES string of the molecule is O=C(c1ccc(-c2cccc(NS(=O)(=O)c3ccccc3)c2)s1)c1c(Cl)ccc(O)c1F. The van der Waals surface area contributed by atoms with Crippen molar-refractivity contribution >= 4 is 44.4 Å². The number of hydrogen-bond donors (Lipinski definition) is 2. The van der Waals surface area contributed by atoms with Crippen LogP contribution in [-0.2, 0) is 10.0 Å². The zero-order valence-electron chi connectivity index (χ0n) is 16.2. The number of ketones is 1. The van der Waals surface area contributed by atoms with Crippen molar-refractivity contribution in [2.24, 2.45) is 0 Å². The van der Waals surface area contributed by atoms with Crippen LogP contribution in [0.3, 0.4) is 0 Å². The summed E-state index contributed by atoms with van der Waals surface area (Å²) in [7, 11) is -3.75. The van der Waals surface area contributed by atoms with Crippen LogP contribution in [0.2, 0.25) is 5.02 Å². The Morgan fingerprint density at radius 1 is 0.969 bits per heavy atom. The lowest BCUT2D eigenvalue weighted by Crippen LogP contribution is -2.12. The summed E-state index contributed by atoms with van der Waals surface area (Å²) in [5.41, 5.74) is 0.629. The largest absolute Gasteiger partial charge is 0.505 e. The molecule has 0 aliphatic heterocycles. The summed E-state index contributed by atoms with van der Waals surface area (Å²) in [6.07, 6.45) is 0. The Bertz CT molecular complexity index is 1420. The normalized spacial score (nSPS) is 11.3. The fourth-order valence-corrected chi connectivity index (χ4v) is 5.29. The van der Waals surface area contributed by atoms with Gasteiger partial charge in [-0.15, -0.1) is 11.3 Å². The molecule has 0 bridgehead atoms. The van der Waals surface area contributed by atoms with Crippen LogP contribution >= 0.6 is 22.9 Å². The molecule has 1 aromatic heterocycles. The first kappa shape index (κ1) is 22.0. The third-order valence-electron chi connectivity index (χ3n) is 4.58. The van der Waals surface area contributed by atoms with E-state index in [1.807, 2.05) is 0 Å². The number of benzene rings is 3. The Hall–Kier alpha value is -3.20. The Kier molecular flexibility index (Phi) is 6.01. The second-order valence-electron chi connectivity index (χ2n) is 6.75. The van der Waals surface area contributed by atoms with Gasteiger partial charge in [0.2, 0.25) is 5.78 Å². The highest BCUT2D eigenvalue weighted by Gasteiger charge is 2.22. The second kappa shape index (κ2) is 8.74. The second-order valence-corrected chi connectivity index (χ2v) is 9.92. The van der Waals surface area contributed by atoms with Gasteiger partial charge in [-0.2, -0.15) is 0 Å². The predicted molar refractivity (Wildman–Crippen MR) is 124 cm³/mol. The highest BCUT2D eigenvalue weighted by Crippen LogP contribution is 2.34. The van der Waals surface area contributed by atoms with Crippen LogP contribution in [0.4, 0.5) is 10.1 Å². The summed E-state index contributed by atoms with van der Waals surface area (Å²) in [5, 5.41) is 9.47. The van der Waals surface area contributed by atoms with Crippen LogP contribution in [0.25, 0.3) is 10.4 Å². The van der Waals surface area contributed by atoms with Crippen molar-refractivity contribution in [2.75, 3.05) is 4.72 Å². The summed E-state index contributed by atoms with van der Waals surface area (Å²) in [6, 6.07) is 20.2. The number of carbonyl (C=O) groups is 1. The molecule has 0 fully saturated rings. The van der Waals surface area contributed by atoms with Crippen molar-refractivity contribution in [3.8, 4) is 16.2 Å². The number of phenolic OH excluding ortho intramolecular Hbond substituents is 1. The van der Waals surface area contributed by atoms with Crippen molar-refractivity contribution in [3.05, 3.63) is 100 Å². The van der Waals surface area contributed by atoms with E-state index in [1.165, 1.54) is 24.3 Å². The van der Waals surface area contributed by atoms with E-state index < -0.39 is 32.9 Å². The molecule has 0 atom stereocenters. The minimum absolute atomic E-state index is 0.0995. The molecule has 5 nitrogen and oxygen atoms in total. The van der Waals surface area contributed by atoms with Crippen LogP contribution in [0.5, 0.6) is 5.75 Å². The minimum atomic E-state index is -3.75. The first-order valence-corrected chi connectivity index (χ1v) is 11.9. The summed E-state index contributed by atoms with van der Waals surface area (Å²) in [4.78, 5) is 13.8. The number of phenols is 1. The van der Waals surface area contributed by atoms with Crippen molar-refractivity contribution < 1.29 is 22.7 Å². The molecule has 3 aromatic carbocycles. The van der Waals surface area contributed by atoms with Gasteiger partial charge in [0.15, 0.2) is 11.6 Å². The number of nitrogens with one attached hydrogen (secondary N) is 1. The quantitative estimate of drug-likeness (QED) is 0.329. The number of sulfonamides is 1. The molecule has 0 aliphatic carbocycles. The van der Waals surface area contributed by atoms with Crippen molar-refractivity contribution in [1.29, 1.82) is 0 Å². The van der Waals surface area contributed by atoms with Crippen molar-refractivity contribution in [2.45, 2.75) is 4.90 Å². The maximum atomic E-state index is 14.3. The van der Waals surface area contributed by atoms with E-state index in [1.54, 1.807) is 48.5 Å². The molecule has 4 aromatic rings. The molecule has 32 heavy (non-hydrogen) atoms. The van der Waals surface area contributed by atoms with Gasteiger partial charge in [-0.1, -0.05) is 41.9 Å². The van der Waals surface area contributed by atoms with E-state index in [2.05, 4.69) is 4.72 Å². The minimum Gasteiger partial charge on any atom is -0.505 e. The van der Waals surface area contributed by atoms with Gasteiger partial charge in [-0.25, -0.2) is 12.8 Å². The number of hydrogen-bond acceptors (Lipinski definition) is 5. The monoisotopic (exact) mass is 487 g/mol. The number of thiophene rings is 1. The van der Waals surface area contributed by atoms with Gasteiger partial charge in [-0.3, -0.25) is 9.52 Å². The maximum absolute atomic E-state index is 14.3. The predicted octanol–water partition coefficient (Wildman–Crippen LogP) is 5.95. The van der Waals surface area contributed by atoms with Gasteiger partial charge in [0.1, 0.15) is 0 Å². The number of anilines is 1. The van der Waals surface area contributed by atoms with E-state index in [0.717, 1.165) is 17.4 Å². The zero-order chi connectivity index (χ0) is 22.9. The van der Waals surface area contributed by atoms with Gasteiger partial charge >= 0.3 is 0 Å². The van der Waals surface area contributed by atoms with Crippen LogP contribution in [0, 0.1) is 5.82 Å². The van der Waals surface area contributed by atoms with Gasteiger partial charge < -0.3 is 5.11 Å². The average molecular weight is 488 g/mol. The van der Waals surface area contributed by atoms with Crippen LogP contribution in [0.1, 0.15) is 15.2 Å². The molecule has 0 amide bonds. The van der Waals surface area contributed by atoms with E-state index in [-0.39, 0.29) is 14.8 Å². The fourth-order valence-electron chi connectivity index (χ4n) is 3.04. The molecule has 0 spiro atoms. The molecule has 0 saturated heterocycles. The van der Waals surface area contributed by atoms with E-state index in [9.17, 15) is 22.7 Å². The Balaban J connectivity index is 1.62. The van der Waals surface area contributed by atoms with Crippen LogP contribution in [-0.4, -0.2) is 19.3 Å². The first-order valence-electron chi connectivity index (χ1n) is 9.26. The molecule has 1 heterocycles. The van der Waals surface area contributed by atoms with Gasteiger partial charge in [0, 0.05) is 10.6 Å². The van der Waals surface area contributed by atoms with Crippen molar-refractivity contribution in [3.63, 3.8) is 0 Å². The number of carbonyl (C=O) groups excluding carboxylic acids is 1. The Labute approximate surface area is 192 Å². The summed E-state index contributed by atoms with van der Waals surface area (Å²) in [5.74, 6) is -2.39. The van der Waals surface area contributed by atoms with Crippen LogP contribution in [0.15, 0.2) is 83.8 Å². The number of halogens is 2. The summed E-state index contributed by atoms with van der Waals surface area (Å²) >= 11 is 7.07. The number of aromatic hydroxyl groups is 1. The molecule has 0 saturated carbocycles. The van der Waals surface area contributed by atoms with E-state index >= 15 is 0 Å². The molecule has 2 N–H and O–H groups in total. The molecule has 0 radical (unpaired) electrons. The lowest BCUT2D eigenvalue weighted by molar-refractivity contribution is 0.103. The molecule has 0 unspecified atom stereocenters. The van der Waals surface area contributed by atoms with E-state index in [4.69, 9.17) is 11.6 Å². The van der Waals surface area contributed by atoms with Crippen LogP contribution < -0.4 is 4.72 Å². The number of rotatable bonds is 6. The van der Waals surface area contributed by atoms with E-state index in [0.29, 0.717) is 16.1 Å². The van der Waals surface area contributed by atoms with Gasteiger partial charge in [0.25, 0.3) is 10.0 Å². The fraction of sp³-hybridized carbons (Fsp3) is 0. The maximum Gasteiger partial charge on any atom is 0.261 e. The summed E-state index contributed by atoms with van der Waals surface area (Å²) in [6.45, 7) is 0. The molecule has 9 heteroatoms. The highest BCUT2D eigenvalue weighted by molar-refractivity contribution is 7.92. The third-order valence-corrected chi connectivity index (χ3v) is 7.43. The lowest BCUT2D eigenvalue weighted by Gasteiger charge is -2.09. The molecule has 4 rings (SSSR count). The van der Waals surface area contributed by atoms with Gasteiger partial charge in [0.05, 0.1) is 20.4 Å². The smallest absolute Gasteiger partial charge is 0.261 e. The molecule has 0 aliphatic rings. The average Bonchev–Trinajstić information content (AvgIpc) is 3.27. The topological polar surface area (TPSA) is 83.5 Å². The Morgan fingerprint density at radius 2 is 1.72 bits per heavy atom. The third kappa shape index (κ3) is 4.38. The van der Waals surface area contributed by atoms with Crippen molar-refractivity contribution in [1.82, 2.24) is 0 Å². The molecular weight excluding hydrogens is 473 g/mol.